The maximum atomic E-state index is 12.8. The summed E-state index contributed by atoms with van der Waals surface area (Å²) < 4.78 is 5.28. The zero-order valence-electron chi connectivity index (χ0n) is 12.6. The standard InChI is InChI=1S/C16H15ClN2O3S/c1-16(13-4-3-7-23-13)14(20)19(15(21)18-16)9-10-8-11(17)5-6-12(10)22-2/h3-8H,9H2,1-2H3,(H,18,21). The van der Waals surface area contributed by atoms with Gasteiger partial charge in [-0.15, -0.1) is 11.3 Å². The van der Waals surface area contributed by atoms with Gasteiger partial charge in [0.15, 0.2) is 5.54 Å². The van der Waals surface area contributed by atoms with Crippen molar-refractivity contribution in [3.8, 4) is 5.75 Å². The third kappa shape index (κ3) is 2.68. The first kappa shape index (κ1) is 15.8. The van der Waals surface area contributed by atoms with Crippen LogP contribution in [0.4, 0.5) is 4.79 Å². The molecule has 2 aromatic rings. The lowest BCUT2D eigenvalue weighted by atomic mass is 10.0. The van der Waals surface area contributed by atoms with Gasteiger partial charge in [0.25, 0.3) is 5.91 Å². The monoisotopic (exact) mass is 350 g/mol. The van der Waals surface area contributed by atoms with E-state index in [9.17, 15) is 9.59 Å². The van der Waals surface area contributed by atoms with Crippen LogP contribution in [0.15, 0.2) is 35.7 Å². The number of imide groups is 1. The molecule has 0 aliphatic carbocycles. The molecule has 0 spiro atoms. The number of urea groups is 1. The minimum atomic E-state index is -1.03. The third-order valence-electron chi connectivity index (χ3n) is 3.86. The number of ether oxygens (including phenoxy) is 1. The van der Waals surface area contributed by atoms with E-state index in [0.717, 1.165) is 4.88 Å². The van der Waals surface area contributed by atoms with E-state index in [1.807, 2.05) is 17.5 Å². The van der Waals surface area contributed by atoms with E-state index < -0.39 is 11.6 Å². The SMILES string of the molecule is COc1ccc(Cl)cc1CN1C(=O)NC(C)(c2cccs2)C1=O. The zero-order valence-corrected chi connectivity index (χ0v) is 14.2. The van der Waals surface area contributed by atoms with Crippen LogP contribution in [-0.2, 0) is 16.9 Å². The Kier molecular flexibility index (Phi) is 4.04. The number of nitrogens with one attached hydrogen (secondary N) is 1. The molecule has 0 saturated carbocycles. The Morgan fingerprint density at radius 3 is 2.78 bits per heavy atom. The van der Waals surface area contributed by atoms with Crippen molar-refractivity contribution in [2.45, 2.75) is 19.0 Å². The summed E-state index contributed by atoms with van der Waals surface area (Å²) >= 11 is 7.45. The highest BCUT2D eigenvalue weighted by atomic mass is 35.5. The largest absolute Gasteiger partial charge is 0.496 e. The molecule has 0 bridgehead atoms. The third-order valence-corrected chi connectivity index (χ3v) is 5.19. The molecule has 1 aromatic heterocycles. The molecular weight excluding hydrogens is 336 g/mol. The van der Waals surface area contributed by atoms with E-state index in [1.54, 1.807) is 25.1 Å². The molecule has 1 saturated heterocycles. The first-order valence-electron chi connectivity index (χ1n) is 6.96. The number of hydrogen-bond donors (Lipinski definition) is 1. The second-order valence-electron chi connectivity index (χ2n) is 5.38. The highest BCUT2D eigenvalue weighted by molar-refractivity contribution is 7.10. The van der Waals surface area contributed by atoms with Gasteiger partial charge in [-0.2, -0.15) is 0 Å². The van der Waals surface area contributed by atoms with Gasteiger partial charge in [0.05, 0.1) is 13.7 Å². The van der Waals surface area contributed by atoms with Gasteiger partial charge < -0.3 is 10.1 Å². The number of thiophene rings is 1. The molecule has 1 unspecified atom stereocenters. The molecule has 1 fully saturated rings. The molecule has 5 nitrogen and oxygen atoms in total. The Bertz CT molecular complexity index is 763. The Balaban J connectivity index is 1.91. The van der Waals surface area contributed by atoms with Gasteiger partial charge in [-0.25, -0.2) is 4.79 Å². The minimum Gasteiger partial charge on any atom is -0.496 e. The second-order valence-corrected chi connectivity index (χ2v) is 6.76. The van der Waals surface area contributed by atoms with Gasteiger partial charge in [-0.05, 0) is 36.6 Å². The predicted molar refractivity (Wildman–Crippen MR) is 88.8 cm³/mol. The van der Waals surface area contributed by atoms with Crippen molar-refractivity contribution in [3.63, 3.8) is 0 Å². The second kappa shape index (κ2) is 5.86. The van der Waals surface area contributed by atoms with Gasteiger partial charge in [0.1, 0.15) is 5.75 Å². The number of halogens is 1. The number of benzene rings is 1. The molecule has 2 heterocycles. The fourth-order valence-corrected chi connectivity index (χ4v) is 3.64. The van der Waals surface area contributed by atoms with Crippen molar-refractivity contribution < 1.29 is 14.3 Å². The van der Waals surface area contributed by atoms with Crippen LogP contribution in [0.3, 0.4) is 0 Å². The number of methoxy groups -OCH3 is 1. The predicted octanol–water partition coefficient (Wildman–Crippen LogP) is 3.38. The van der Waals surface area contributed by atoms with Gasteiger partial charge in [-0.3, -0.25) is 9.69 Å². The van der Waals surface area contributed by atoms with E-state index in [1.165, 1.54) is 23.3 Å². The lowest BCUT2D eigenvalue weighted by molar-refractivity contribution is -0.131. The molecule has 1 aromatic carbocycles. The summed E-state index contributed by atoms with van der Waals surface area (Å²) in [7, 11) is 1.54. The lowest BCUT2D eigenvalue weighted by Crippen LogP contribution is -2.40. The van der Waals surface area contributed by atoms with Crippen molar-refractivity contribution in [2.75, 3.05) is 7.11 Å². The summed E-state index contributed by atoms with van der Waals surface area (Å²) in [4.78, 5) is 27.1. The average molecular weight is 351 g/mol. The molecule has 7 heteroatoms. The molecule has 1 aliphatic rings. The number of hydrogen-bond acceptors (Lipinski definition) is 4. The number of nitrogens with zero attached hydrogens (tertiary/aromatic N) is 1. The van der Waals surface area contributed by atoms with Crippen LogP contribution in [0, 0.1) is 0 Å². The maximum Gasteiger partial charge on any atom is 0.325 e. The number of carbonyl (C=O) groups excluding carboxylic acids is 2. The Morgan fingerprint density at radius 2 is 2.13 bits per heavy atom. The molecule has 3 rings (SSSR count). The highest BCUT2D eigenvalue weighted by Gasteiger charge is 2.49. The van der Waals surface area contributed by atoms with Crippen LogP contribution >= 0.6 is 22.9 Å². The Morgan fingerprint density at radius 1 is 1.35 bits per heavy atom. The highest BCUT2D eigenvalue weighted by Crippen LogP contribution is 2.33. The van der Waals surface area contributed by atoms with E-state index in [2.05, 4.69) is 5.32 Å². The van der Waals surface area contributed by atoms with Crippen LogP contribution in [-0.4, -0.2) is 23.9 Å². The topological polar surface area (TPSA) is 58.6 Å². The van der Waals surface area contributed by atoms with Crippen LogP contribution in [0.1, 0.15) is 17.4 Å². The van der Waals surface area contributed by atoms with Crippen LogP contribution < -0.4 is 10.1 Å². The smallest absolute Gasteiger partial charge is 0.325 e. The Labute approximate surface area is 142 Å². The molecule has 1 N–H and O–H groups in total. The van der Waals surface area contributed by atoms with E-state index in [0.29, 0.717) is 16.3 Å². The molecule has 0 radical (unpaired) electrons. The summed E-state index contributed by atoms with van der Waals surface area (Å²) in [5.41, 5.74) is -0.351. The molecular formula is C16H15ClN2O3S. The quantitative estimate of drug-likeness (QED) is 0.860. The van der Waals surface area contributed by atoms with Crippen molar-refractivity contribution >= 4 is 34.9 Å². The first-order valence-corrected chi connectivity index (χ1v) is 8.22. The molecule has 1 aliphatic heterocycles. The van der Waals surface area contributed by atoms with Crippen molar-refractivity contribution in [1.82, 2.24) is 10.2 Å². The summed E-state index contributed by atoms with van der Waals surface area (Å²) in [5.74, 6) is 0.298. The average Bonchev–Trinajstić information content (AvgIpc) is 3.12. The maximum absolute atomic E-state index is 12.8. The van der Waals surface area contributed by atoms with Gasteiger partial charge >= 0.3 is 6.03 Å². The summed E-state index contributed by atoms with van der Waals surface area (Å²) in [6, 6.07) is 8.38. The minimum absolute atomic E-state index is 0.107. The molecule has 120 valence electrons. The number of rotatable bonds is 4. The van der Waals surface area contributed by atoms with Crippen LogP contribution in [0.5, 0.6) is 5.75 Å². The van der Waals surface area contributed by atoms with Crippen LogP contribution in [0.25, 0.3) is 0 Å². The first-order chi connectivity index (χ1) is 11.0. The van der Waals surface area contributed by atoms with Crippen LogP contribution in [0.2, 0.25) is 5.02 Å². The van der Waals surface area contributed by atoms with Crippen molar-refractivity contribution in [2.24, 2.45) is 0 Å². The normalized spacial score (nSPS) is 20.7. The molecule has 1 atom stereocenters. The van der Waals surface area contributed by atoms with Crippen molar-refractivity contribution in [1.29, 1.82) is 0 Å². The molecule has 23 heavy (non-hydrogen) atoms. The van der Waals surface area contributed by atoms with E-state index >= 15 is 0 Å². The van der Waals surface area contributed by atoms with Gasteiger partial charge in [0, 0.05) is 15.5 Å². The number of carbonyl (C=O) groups is 2. The lowest BCUT2D eigenvalue weighted by Gasteiger charge is -2.20. The number of amides is 3. The summed E-state index contributed by atoms with van der Waals surface area (Å²) in [6.45, 7) is 1.82. The van der Waals surface area contributed by atoms with Gasteiger partial charge in [0.2, 0.25) is 0 Å². The summed E-state index contributed by atoms with van der Waals surface area (Å²) in [5, 5.41) is 5.18. The zero-order chi connectivity index (χ0) is 16.6. The fourth-order valence-electron chi connectivity index (χ4n) is 2.61. The van der Waals surface area contributed by atoms with E-state index in [4.69, 9.17) is 16.3 Å². The molecule has 3 amide bonds. The van der Waals surface area contributed by atoms with Gasteiger partial charge in [-0.1, -0.05) is 17.7 Å². The Hall–Kier alpha value is -2.05. The summed E-state index contributed by atoms with van der Waals surface area (Å²) in [6.07, 6.45) is 0. The van der Waals surface area contributed by atoms with Crippen molar-refractivity contribution in [3.05, 3.63) is 51.2 Å². The van der Waals surface area contributed by atoms with E-state index in [-0.39, 0.29) is 12.5 Å². The fraction of sp³-hybridized carbons (Fsp3) is 0.250.